The molecular formula is C23H26N2O4. The lowest BCUT2D eigenvalue weighted by Gasteiger charge is -2.36. The number of aliphatic hydroxyl groups is 1. The maximum Gasteiger partial charge on any atom is 0.337 e. The molecule has 0 radical (unpaired) electrons. The molecule has 29 heavy (non-hydrogen) atoms. The molecule has 6 heteroatoms. The first-order chi connectivity index (χ1) is 14.0. The first kappa shape index (κ1) is 19.5. The predicted molar refractivity (Wildman–Crippen MR) is 110 cm³/mol. The molecule has 2 aromatic rings. The van der Waals surface area contributed by atoms with Crippen molar-refractivity contribution in [2.24, 2.45) is 0 Å². The highest BCUT2D eigenvalue weighted by molar-refractivity contribution is 5.95. The summed E-state index contributed by atoms with van der Waals surface area (Å²) in [7, 11) is 1.26. The van der Waals surface area contributed by atoms with Crippen LogP contribution in [0.1, 0.15) is 34.3 Å². The van der Waals surface area contributed by atoms with Gasteiger partial charge in [0.05, 0.1) is 7.11 Å². The second-order valence-electron chi connectivity index (χ2n) is 7.80. The van der Waals surface area contributed by atoms with Gasteiger partial charge in [-0.3, -0.25) is 4.79 Å². The summed E-state index contributed by atoms with van der Waals surface area (Å²) in [5.41, 5.74) is 3.00. The Morgan fingerprint density at radius 3 is 2.28 bits per heavy atom. The van der Waals surface area contributed by atoms with E-state index in [1.165, 1.54) is 18.2 Å². The van der Waals surface area contributed by atoms with E-state index in [1.54, 1.807) is 4.90 Å². The van der Waals surface area contributed by atoms with Gasteiger partial charge in [0, 0.05) is 50.3 Å². The van der Waals surface area contributed by atoms with Crippen LogP contribution in [0.25, 0.3) is 0 Å². The van der Waals surface area contributed by atoms with Gasteiger partial charge < -0.3 is 19.6 Å². The molecule has 0 aromatic heterocycles. The van der Waals surface area contributed by atoms with Gasteiger partial charge in [-0.1, -0.05) is 24.3 Å². The minimum atomic E-state index is -1.49. The van der Waals surface area contributed by atoms with Crippen LogP contribution in [0, 0.1) is 0 Å². The molecule has 152 valence electrons. The number of amides is 1. The van der Waals surface area contributed by atoms with Crippen molar-refractivity contribution in [1.29, 1.82) is 0 Å². The smallest absolute Gasteiger partial charge is 0.337 e. The number of esters is 1. The van der Waals surface area contributed by atoms with E-state index in [0.29, 0.717) is 18.7 Å². The third-order valence-corrected chi connectivity index (χ3v) is 6.05. The van der Waals surface area contributed by atoms with E-state index in [4.69, 9.17) is 0 Å². The summed E-state index contributed by atoms with van der Waals surface area (Å²) in [6.45, 7) is 2.49. The van der Waals surface area contributed by atoms with Gasteiger partial charge in [0.1, 0.15) is 0 Å². The van der Waals surface area contributed by atoms with Crippen LogP contribution >= 0.6 is 0 Å². The van der Waals surface area contributed by atoms with Gasteiger partial charge >= 0.3 is 5.97 Å². The molecule has 2 aliphatic rings. The average molecular weight is 394 g/mol. The van der Waals surface area contributed by atoms with Crippen LogP contribution in [0.2, 0.25) is 0 Å². The number of carbonyl (C=O) groups excluding carboxylic acids is 2. The van der Waals surface area contributed by atoms with E-state index >= 15 is 0 Å². The van der Waals surface area contributed by atoms with Crippen molar-refractivity contribution in [3.63, 3.8) is 0 Å². The van der Waals surface area contributed by atoms with Crippen LogP contribution in [-0.2, 0) is 22.5 Å². The minimum Gasteiger partial charge on any atom is -0.467 e. The molecule has 2 aliphatic heterocycles. The van der Waals surface area contributed by atoms with E-state index in [1.807, 2.05) is 24.3 Å². The Morgan fingerprint density at radius 2 is 1.62 bits per heavy atom. The molecule has 0 atom stereocenters. The maximum absolute atomic E-state index is 12.8. The number of benzene rings is 2. The molecule has 1 N–H and O–H groups in total. The Labute approximate surface area is 170 Å². The van der Waals surface area contributed by atoms with Crippen molar-refractivity contribution < 1.29 is 19.4 Å². The van der Waals surface area contributed by atoms with Crippen molar-refractivity contribution in [3.8, 4) is 0 Å². The molecule has 2 heterocycles. The number of likely N-dealkylation sites (tertiary alicyclic amines) is 1. The summed E-state index contributed by atoms with van der Waals surface area (Å²) in [6.07, 6.45) is 1.40. The molecular weight excluding hydrogens is 368 g/mol. The monoisotopic (exact) mass is 394 g/mol. The van der Waals surface area contributed by atoms with Crippen molar-refractivity contribution in [1.82, 2.24) is 4.90 Å². The Hall–Kier alpha value is -2.86. The zero-order chi connectivity index (χ0) is 20.4. The molecule has 0 saturated carbocycles. The number of rotatable bonds is 3. The van der Waals surface area contributed by atoms with Crippen LogP contribution in [0.15, 0.2) is 48.5 Å². The van der Waals surface area contributed by atoms with E-state index < -0.39 is 11.6 Å². The van der Waals surface area contributed by atoms with Gasteiger partial charge in [-0.05, 0) is 41.8 Å². The van der Waals surface area contributed by atoms with E-state index in [-0.39, 0.29) is 18.7 Å². The highest BCUT2D eigenvalue weighted by atomic mass is 16.5. The summed E-state index contributed by atoms with van der Waals surface area (Å²) >= 11 is 0. The molecule has 2 aromatic carbocycles. The standard InChI is InChI=1S/C23H26N2O4/c1-29-22(27)23(28)11-14-24(15-12-23)21(26)18-6-8-20(9-7-18)25-13-10-17-4-2-3-5-19(17)16-25/h2-9,28H,10-16H2,1H3. The van der Waals surface area contributed by atoms with Gasteiger partial charge in [0.15, 0.2) is 5.60 Å². The molecule has 1 saturated heterocycles. The number of methoxy groups -OCH3 is 1. The van der Waals surface area contributed by atoms with E-state index in [9.17, 15) is 14.7 Å². The van der Waals surface area contributed by atoms with Gasteiger partial charge in [-0.15, -0.1) is 0 Å². The molecule has 1 amide bonds. The zero-order valence-electron chi connectivity index (χ0n) is 16.6. The third-order valence-electron chi connectivity index (χ3n) is 6.05. The van der Waals surface area contributed by atoms with Gasteiger partial charge in [-0.25, -0.2) is 4.79 Å². The molecule has 6 nitrogen and oxygen atoms in total. The first-order valence-corrected chi connectivity index (χ1v) is 10.0. The number of hydrogen-bond donors (Lipinski definition) is 1. The molecule has 4 rings (SSSR count). The maximum atomic E-state index is 12.8. The fourth-order valence-corrected chi connectivity index (χ4v) is 4.19. The normalized spacial score (nSPS) is 18.1. The zero-order valence-corrected chi connectivity index (χ0v) is 16.6. The highest BCUT2D eigenvalue weighted by Crippen LogP contribution is 2.27. The van der Waals surface area contributed by atoms with Crippen LogP contribution in [0.5, 0.6) is 0 Å². The van der Waals surface area contributed by atoms with Crippen molar-refractivity contribution in [2.45, 2.75) is 31.4 Å². The second-order valence-corrected chi connectivity index (χ2v) is 7.80. The summed E-state index contributed by atoms with van der Waals surface area (Å²) < 4.78 is 4.67. The minimum absolute atomic E-state index is 0.0764. The quantitative estimate of drug-likeness (QED) is 0.810. The number of ether oxygens (including phenoxy) is 1. The Balaban J connectivity index is 1.40. The lowest BCUT2D eigenvalue weighted by Crippen LogP contribution is -2.51. The number of fused-ring (bicyclic) bond motifs is 1. The summed E-state index contributed by atoms with van der Waals surface area (Å²) in [5, 5.41) is 10.3. The third kappa shape index (κ3) is 3.85. The summed E-state index contributed by atoms with van der Waals surface area (Å²) in [5.74, 6) is -0.704. The first-order valence-electron chi connectivity index (χ1n) is 10.0. The fourth-order valence-electron chi connectivity index (χ4n) is 4.19. The molecule has 0 unspecified atom stereocenters. The number of carbonyl (C=O) groups is 2. The summed E-state index contributed by atoms with van der Waals surface area (Å²) in [6, 6.07) is 16.2. The van der Waals surface area contributed by atoms with Gasteiger partial charge in [-0.2, -0.15) is 0 Å². The number of piperidine rings is 1. The van der Waals surface area contributed by atoms with Crippen LogP contribution < -0.4 is 4.90 Å². The molecule has 0 spiro atoms. The summed E-state index contributed by atoms with van der Waals surface area (Å²) in [4.78, 5) is 28.5. The van der Waals surface area contributed by atoms with Gasteiger partial charge in [0.25, 0.3) is 5.91 Å². The predicted octanol–water partition coefficient (Wildman–Crippen LogP) is 2.39. The molecule has 0 aliphatic carbocycles. The van der Waals surface area contributed by atoms with Crippen LogP contribution in [0.3, 0.4) is 0 Å². The Bertz CT molecular complexity index is 901. The number of anilines is 1. The molecule has 1 fully saturated rings. The van der Waals surface area contributed by atoms with Crippen molar-refractivity contribution >= 4 is 17.6 Å². The number of nitrogens with zero attached hydrogens (tertiary/aromatic N) is 2. The van der Waals surface area contributed by atoms with Crippen LogP contribution in [-0.4, -0.2) is 54.2 Å². The van der Waals surface area contributed by atoms with E-state index in [0.717, 1.165) is 25.2 Å². The highest BCUT2D eigenvalue weighted by Gasteiger charge is 2.41. The van der Waals surface area contributed by atoms with Crippen molar-refractivity contribution in [3.05, 3.63) is 65.2 Å². The average Bonchev–Trinajstić information content (AvgIpc) is 2.78. The largest absolute Gasteiger partial charge is 0.467 e. The Kier molecular flexibility index (Phi) is 5.28. The van der Waals surface area contributed by atoms with Gasteiger partial charge in [0.2, 0.25) is 0 Å². The number of hydrogen-bond acceptors (Lipinski definition) is 5. The SMILES string of the molecule is COC(=O)C1(O)CCN(C(=O)c2ccc(N3CCc4ccccc4C3)cc2)CC1. The van der Waals surface area contributed by atoms with Crippen LogP contribution in [0.4, 0.5) is 5.69 Å². The Morgan fingerprint density at radius 1 is 0.966 bits per heavy atom. The van der Waals surface area contributed by atoms with Crippen molar-refractivity contribution in [2.75, 3.05) is 31.6 Å². The second kappa shape index (κ2) is 7.87. The lowest BCUT2D eigenvalue weighted by atomic mass is 9.91. The topological polar surface area (TPSA) is 70.1 Å². The molecule has 0 bridgehead atoms. The lowest BCUT2D eigenvalue weighted by molar-refractivity contribution is -0.166. The fraction of sp³-hybridized carbons (Fsp3) is 0.391. The van der Waals surface area contributed by atoms with E-state index in [2.05, 4.69) is 33.9 Å².